The Morgan fingerprint density at radius 1 is 1.13 bits per heavy atom. The van der Waals surface area contributed by atoms with Gasteiger partial charge >= 0.3 is 0 Å². The van der Waals surface area contributed by atoms with Crippen molar-refractivity contribution in [2.45, 2.75) is 13.0 Å². The fraction of sp³-hybridized carbons (Fsp3) is 0.389. The largest absolute Gasteiger partial charge is 0.378 e. The van der Waals surface area contributed by atoms with Gasteiger partial charge in [0.25, 0.3) is 0 Å². The number of hydrogen-bond acceptors (Lipinski definition) is 3. The minimum absolute atomic E-state index is 0.781. The third kappa shape index (κ3) is 5.28. The van der Waals surface area contributed by atoms with Crippen LogP contribution >= 0.6 is 11.3 Å². The zero-order chi connectivity index (χ0) is 16.7. The van der Waals surface area contributed by atoms with E-state index in [1.807, 2.05) is 18.4 Å². The molecule has 1 aromatic carbocycles. The second-order valence-electron chi connectivity index (χ2n) is 5.71. The number of benzene rings is 1. The third-order valence-corrected chi connectivity index (χ3v) is 4.69. The van der Waals surface area contributed by atoms with Gasteiger partial charge in [0, 0.05) is 51.8 Å². The highest BCUT2D eigenvalue weighted by atomic mass is 32.1. The van der Waals surface area contributed by atoms with E-state index < -0.39 is 0 Å². The molecule has 0 saturated carbocycles. The van der Waals surface area contributed by atoms with Crippen LogP contribution in [-0.2, 0) is 13.0 Å². The first kappa shape index (κ1) is 17.3. The average Bonchev–Trinajstić information content (AvgIpc) is 3.07. The van der Waals surface area contributed by atoms with E-state index in [0.29, 0.717) is 0 Å². The van der Waals surface area contributed by atoms with Crippen molar-refractivity contribution < 1.29 is 0 Å². The number of nitrogens with one attached hydrogen (secondary N) is 1. The standard InChI is InChI=1S/C18H26N4S/c1-19-18(22(4)12-11-17-6-5-13-23-17)20-14-15-7-9-16(10-8-15)21(2)3/h5-10,13H,11-12,14H2,1-4H3,(H,19,20). The number of anilines is 1. The molecule has 0 aliphatic heterocycles. The quantitative estimate of drug-likeness (QED) is 0.652. The van der Waals surface area contributed by atoms with Crippen LogP contribution in [0.4, 0.5) is 5.69 Å². The molecule has 0 radical (unpaired) electrons. The van der Waals surface area contributed by atoms with E-state index in [1.54, 1.807) is 0 Å². The average molecular weight is 331 g/mol. The zero-order valence-electron chi connectivity index (χ0n) is 14.4. The maximum absolute atomic E-state index is 4.38. The predicted molar refractivity (Wildman–Crippen MR) is 102 cm³/mol. The molecule has 0 fully saturated rings. The van der Waals surface area contributed by atoms with Gasteiger partial charge in [-0.15, -0.1) is 11.3 Å². The highest BCUT2D eigenvalue weighted by Gasteiger charge is 2.06. The monoisotopic (exact) mass is 330 g/mol. The van der Waals surface area contributed by atoms with Crippen molar-refractivity contribution in [2.75, 3.05) is 39.6 Å². The number of nitrogens with zero attached hydrogens (tertiary/aromatic N) is 3. The van der Waals surface area contributed by atoms with Gasteiger partial charge in [0.2, 0.25) is 0 Å². The van der Waals surface area contributed by atoms with E-state index in [4.69, 9.17) is 0 Å². The van der Waals surface area contributed by atoms with Crippen molar-refractivity contribution in [1.82, 2.24) is 10.2 Å². The second kappa shape index (κ2) is 8.58. The minimum atomic E-state index is 0.781. The Kier molecular flexibility index (Phi) is 6.47. The summed E-state index contributed by atoms with van der Waals surface area (Å²) in [5.41, 5.74) is 2.47. The lowest BCUT2D eigenvalue weighted by atomic mass is 10.2. The molecule has 23 heavy (non-hydrogen) atoms. The van der Waals surface area contributed by atoms with Crippen molar-refractivity contribution in [2.24, 2.45) is 4.99 Å². The number of rotatable bonds is 6. The summed E-state index contributed by atoms with van der Waals surface area (Å²) in [6.45, 7) is 1.74. The molecule has 1 heterocycles. The lowest BCUT2D eigenvalue weighted by Gasteiger charge is -2.22. The maximum atomic E-state index is 4.38. The van der Waals surface area contributed by atoms with Crippen LogP contribution in [-0.4, -0.2) is 45.6 Å². The van der Waals surface area contributed by atoms with E-state index >= 15 is 0 Å². The summed E-state index contributed by atoms with van der Waals surface area (Å²) in [6.07, 6.45) is 1.05. The third-order valence-electron chi connectivity index (χ3n) is 3.75. The fourth-order valence-corrected chi connectivity index (χ4v) is 3.01. The Balaban J connectivity index is 1.84. The van der Waals surface area contributed by atoms with Crippen molar-refractivity contribution in [3.05, 3.63) is 52.2 Å². The fourth-order valence-electron chi connectivity index (χ4n) is 2.32. The Morgan fingerprint density at radius 2 is 1.87 bits per heavy atom. The summed E-state index contributed by atoms with van der Waals surface area (Å²) < 4.78 is 0. The first-order valence-corrected chi connectivity index (χ1v) is 8.68. The molecule has 1 aromatic heterocycles. The van der Waals surface area contributed by atoms with Crippen LogP contribution in [0.5, 0.6) is 0 Å². The summed E-state index contributed by atoms with van der Waals surface area (Å²) in [4.78, 5) is 10.1. The molecular weight excluding hydrogens is 304 g/mol. The van der Waals surface area contributed by atoms with E-state index in [9.17, 15) is 0 Å². The molecular formula is C18H26N4S. The molecule has 0 saturated heterocycles. The number of hydrogen-bond donors (Lipinski definition) is 1. The maximum Gasteiger partial charge on any atom is 0.193 e. The lowest BCUT2D eigenvalue weighted by molar-refractivity contribution is 0.486. The van der Waals surface area contributed by atoms with Gasteiger partial charge in [-0.25, -0.2) is 0 Å². The molecule has 2 rings (SSSR count). The number of aliphatic imine (C=N–C) groups is 1. The summed E-state index contributed by atoms with van der Waals surface area (Å²) >= 11 is 1.81. The molecule has 0 atom stereocenters. The molecule has 124 valence electrons. The molecule has 0 aliphatic rings. The molecule has 0 amide bonds. The molecule has 0 aliphatic carbocycles. The van der Waals surface area contributed by atoms with Crippen LogP contribution in [0.15, 0.2) is 46.8 Å². The number of likely N-dealkylation sites (N-methyl/N-ethyl adjacent to an activating group) is 1. The van der Waals surface area contributed by atoms with Crippen LogP contribution in [0.1, 0.15) is 10.4 Å². The van der Waals surface area contributed by atoms with Gasteiger partial charge in [-0.2, -0.15) is 0 Å². The molecule has 2 aromatic rings. The highest BCUT2D eigenvalue weighted by Crippen LogP contribution is 2.12. The Bertz CT molecular complexity index is 602. The summed E-state index contributed by atoms with van der Waals surface area (Å²) in [5, 5.41) is 5.55. The van der Waals surface area contributed by atoms with Crippen LogP contribution in [0.2, 0.25) is 0 Å². The van der Waals surface area contributed by atoms with Gasteiger partial charge in [-0.3, -0.25) is 4.99 Å². The SMILES string of the molecule is CN=C(NCc1ccc(N(C)C)cc1)N(C)CCc1cccs1. The predicted octanol–water partition coefficient (Wildman–Crippen LogP) is 3.06. The zero-order valence-corrected chi connectivity index (χ0v) is 15.2. The topological polar surface area (TPSA) is 30.9 Å². The van der Waals surface area contributed by atoms with E-state index in [0.717, 1.165) is 25.5 Å². The Morgan fingerprint density at radius 3 is 2.43 bits per heavy atom. The molecule has 4 nitrogen and oxygen atoms in total. The second-order valence-corrected chi connectivity index (χ2v) is 6.74. The number of guanidine groups is 1. The Hall–Kier alpha value is -2.01. The van der Waals surface area contributed by atoms with Gasteiger partial charge in [0.05, 0.1) is 0 Å². The minimum Gasteiger partial charge on any atom is -0.378 e. The van der Waals surface area contributed by atoms with Crippen molar-refractivity contribution >= 4 is 23.0 Å². The van der Waals surface area contributed by atoms with E-state index in [2.05, 4.69) is 83.0 Å². The van der Waals surface area contributed by atoms with Crippen LogP contribution in [0, 0.1) is 0 Å². The molecule has 5 heteroatoms. The molecule has 0 unspecified atom stereocenters. The Labute approximate surface area is 143 Å². The van der Waals surface area contributed by atoms with Gasteiger partial charge in [-0.05, 0) is 35.6 Å². The summed E-state index contributed by atoms with van der Waals surface area (Å²) in [6, 6.07) is 12.9. The van der Waals surface area contributed by atoms with Gasteiger partial charge < -0.3 is 15.1 Å². The molecule has 1 N–H and O–H groups in total. The van der Waals surface area contributed by atoms with Gasteiger partial charge in [0.1, 0.15) is 0 Å². The van der Waals surface area contributed by atoms with Crippen LogP contribution in [0.3, 0.4) is 0 Å². The van der Waals surface area contributed by atoms with E-state index in [1.165, 1.54) is 16.1 Å². The molecule has 0 spiro atoms. The molecule has 0 bridgehead atoms. The summed E-state index contributed by atoms with van der Waals surface area (Å²) in [7, 11) is 8.02. The van der Waals surface area contributed by atoms with Gasteiger partial charge in [0.15, 0.2) is 5.96 Å². The summed E-state index contributed by atoms with van der Waals surface area (Å²) in [5.74, 6) is 0.929. The van der Waals surface area contributed by atoms with E-state index in [-0.39, 0.29) is 0 Å². The smallest absolute Gasteiger partial charge is 0.193 e. The highest BCUT2D eigenvalue weighted by molar-refractivity contribution is 7.09. The number of thiophene rings is 1. The first-order chi connectivity index (χ1) is 11.1. The van der Waals surface area contributed by atoms with Crippen LogP contribution < -0.4 is 10.2 Å². The lowest BCUT2D eigenvalue weighted by Crippen LogP contribution is -2.39. The van der Waals surface area contributed by atoms with Crippen LogP contribution in [0.25, 0.3) is 0 Å². The first-order valence-electron chi connectivity index (χ1n) is 7.80. The van der Waals surface area contributed by atoms with Gasteiger partial charge in [-0.1, -0.05) is 18.2 Å². The van der Waals surface area contributed by atoms with Crippen molar-refractivity contribution in [3.8, 4) is 0 Å². The van der Waals surface area contributed by atoms with Crippen molar-refractivity contribution in [3.63, 3.8) is 0 Å². The van der Waals surface area contributed by atoms with Crippen molar-refractivity contribution in [1.29, 1.82) is 0 Å². The normalized spacial score (nSPS) is 11.4.